The molecule has 1 fully saturated rings. The van der Waals surface area contributed by atoms with Gasteiger partial charge in [0, 0.05) is 22.6 Å². The van der Waals surface area contributed by atoms with E-state index in [2.05, 4.69) is 12.2 Å². The Kier molecular flexibility index (Phi) is 4.39. The molecule has 3 heteroatoms. The monoisotopic (exact) mass is 203 g/mol. The minimum absolute atomic E-state index is 0.388. The molecule has 1 N–H and O–H groups in total. The van der Waals surface area contributed by atoms with E-state index in [-0.39, 0.29) is 0 Å². The first kappa shape index (κ1) is 11.2. The van der Waals surface area contributed by atoms with E-state index in [1.165, 1.54) is 12.8 Å². The Morgan fingerprint density at radius 3 is 2.69 bits per heavy atom. The molecule has 0 spiro atoms. The molecule has 0 aromatic carbocycles. The van der Waals surface area contributed by atoms with Crippen molar-refractivity contribution in [1.82, 2.24) is 5.32 Å². The van der Waals surface area contributed by atoms with Crippen LogP contribution in [0.3, 0.4) is 0 Å². The maximum absolute atomic E-state index is 11.8. The number of hydrogen-bond acceptors (Lipinski definition) is 2. The summed E-state index contributed by atoms with van der Waals surface area (Å²) in [7, 11) is 1.36. The molecule has 0 saturated heterocycles. The molecule has 0 aromatic rings. The topological polar surface area (TPSA) is 29.1 Å². The molecular weight excluding hydrogens is 182 g/mol. The van der Waals surface area contributed by atoms with Crippen LogP contribution < -0.4 is 5.32 Å². The molecule has 4 atom stereocenters. The van der Waals surface area contributed by atoms with Gasteiger partial charge in [-0.05, 0) is 32.2 Å². The summed E-state index contributed by atoms with van der Waals surface area (Å²) in [6.07, 6.45) is 3.60. The molecule has 1 aliphatic rings. The molecular formula is C10H21NOS. The van der Waals surface area contributed by atoms with Crippen molar-refractivity contribution in [1.29, 1.82) is 0 Å². The molecule has 2 nitrogen and oxygen atoms in total. The first-order valence-corrected chi connectivity index (χ1v) is 6.61. The average Bonchev–Trinajstić information content (AvgIpc) is 2.16. The van der Waals surface area contributed by atoms with Crippen molar-refractivity contribution in [3.8, 4) is 0 Å². The van der Waals surface area contributed by atoms with Gasteiger partial charge >= 0.3 is 0 Å². The predicted octanol–water partition coefficient (Wildman–Crippen LogP) is 1.53. The van der Waals surface area contributed by atoms with Crippen LogP contribution >= 0.6 is 0 Å². The highest BCUT2D eigenvalue weighted by Gasteiger charge is 2.30. The zero-order chi connectivity index (χ0) is 9.84. The minimum atomic E-state index is -0.627. The summed E-state index contributed by atoms with van der Waals surface area (Å²) in [6.45, 7) is 4.29. The van der Waals surface area contributed by atoms with Crippen molar-refractivity contribution >= 4 is 10.8 Å². The van der Waals surface area contributed by atoms with E-state index in [1.807, 2.05) is 14.0 Å². The SMILES string of the molecule is CCS(=O)C1CC(C)CCC1NC. The lowest BCUT2D eigenvalue weighted by molar-refractivity contribution is 0.325. The lowest BCUT2D eigenvalue weighted by atomic mass is 9.87. The second kappa shape index (κ2) is 5.11. The van der Waals surface area contributed by atoms with Gasteiger partial charge in [-0.15, -0.1) is 0 Å². The second-order valence-electron chi connectivity index (χ2n) is 4.02. The lowest BCUT2D eigenvalue weighted by Gasteiger charge is -2.33. The zero-order valence-electron chi connectivity index (χ0n) is 8.88. The van der Waals surface area contributed by atoms with E-state index in [0.717, 1.165) is 18.1 Å². The zero-order valence-corrected chi connectivity index (χ0v) is 9.69. The molecule has 13 heavy (non-hydrogen) atoms. The third kappa shape index (κ3) is 2.78. The second-order valence-corrected chi connectivity index (χ2v) is 5.97. The van der Waals surface area contributed by atoms with Crippen molar-refractivity contribution in [2.45, 2.75) is 44.4 Å². The van der Waals surface area contributed by atoms with Gasteiger partial charge in [0.15, 0.2) is 0 Å². The summed E-state index contributed by atoms with van der Waals surface area (Å²) < 4.78 is 11.8. The molecule has 0 aromatic heterocycles. The van der Waals surface area contributed by atoms with Crippen LogP contribution in [0.15, 0.2) is 0 Å². The van der Waals surface area contributed by atoms with Gasteiger partial charge in [-0.1, -0.05) is 13.8 Å². The molecule has 4 unspecified atom stereocenters. The van der Waals surface area contributed by atoms with Crippen LogP contribution in [0.4, 0.5) is 0 Å². The van der Waals surface area contributed by atoms with Gasteiger partial charge in [0.25, 0.3) is 0 Å². The van der Waals surface area contributed by atoms with Gasteiger partial charge < -0.3 is 5.32 Å². The Labute approximate surface area is 83.9 Å². The molecule has 0 amide bonds. The fourth-order valence-electron chi connectivity index (χ4n) is 2.16. The van der Waals surface area contributed by atoms with E-state index in [1.54, 1.807) is 0 Å². The Morgan fingerprint density at radius 2 is 2.15 bits per heavy atom. The molecule has 0 heterocycles. The third-order valence-electron chi connectivity index (χ3n) is 3.05. The molecule has 0 bridgehead atoms. The molecule has 1 aliphatic carbocycles. The maximum Gasteiger partial charge on any atom is 0.0503 e. The average molecular weight is 203 g/mol. The highest BCUT2D eigenvalue weighted by molar-refractivity contribution is 7.85. The van der Waals surface area contributed by atoms with Gasteiger partial charge in [-0.25, -0.2) is 0 Å². The first-order valence-electron chi connectivity index (χ1n) is 5.23. The predicted molar refractivity (Wildman–Crippen MR) is 58.3 cm³/mol. The fraction of sp³-hybridized carbons (Fsp3) is 1.00. The first-order chi connectivity index (χ1) is 6.19. The molecule has 78 valence electrons. The van der Waals surface area contributed by atoms with Crippen molar-refractivity contribution in [2.24, 2.45) is 5.92 Å². The molecule has 0 radical (unpaired) electrons. The molecule has 1 rings (SSSR count). The van der Waals surface area contributed by atoms with Gasteiger partial charge in [-0.3, -0.25) is 4.21 Å². The largest absolute Gasteiger partial charge is 0.316 e. The highest BCUT2D eigenvalue weighted by Crippen LogP contribution is 2.27. The van der Waals surface area contributed by atoms with Crippen LogP contribution in [0.25, 0.3) is 0 Å². The quantitative estimate of drug-likeness (QED) is 0.754. The Hall–Kier alpha value is 0.110. The molecule has 0 aliphatic heterocycles. The van der Waals surface area contributed by atoms with Crippen molar-refractivity contribution in [3.63, 3.8) is 0 Å². The number of nitrogens with one attached hydrogen (secondary N) is 1. The normalized spacial score (nSPS) is 37.3. The van der Waals surface area contributed by atoms with E-state index < -0.39 is 10.8 Å². The number of rotatable bonds is 3. The van der Waals surface area contributed by atoms with Crippen molar-refractivity contribution in [2.75, 3.05) is 12.8 Å². The van der Waals surface area contributed by atoms with Crippen LogP contribution in [0.5, 0.6) is 0 Å². The standard InChI is InChI=1S/C10H21NOS/c1-4-13(12)10-7-8(2)5-6-9(10)11-3/h8-11H,4-7H2,1-3H3. The Balaban J connectivity index is 2.59. The van der Waals surface area contributed by atoms with Crippen LogP contribution in [0.2, 0.25) is 0 Å². The van der Waals surface area contributed by atoms with E-state index in [4.69, 9.17) is 0 Å². The van der Waals surface area contributed by atoms with Crippen LogP contribution in [-0.4, -0.2) is 28.3 Å². The van der Waals surface area contributed by atoms with Crippen molar-refractivity contribution in [3.05, 3.63) is 0 Å². The summed E-state index contributed by atoms with van der Waals surface area (Å²) in [5.41, 5.74) is 0. The highest BCUT2D eigenvalue weighted by atomic mass is 32.2. The smallest absolute Gasteiger partial charge is 0.0503 e. The van der Waals surface area contributed by atoms with Gasteiger partial charge in [-0.2, -0.15) is 0 Å². The summed E-state index contributed by atoms with van der Waals surface area (Å²) in [6, 6.07) is 0.483. The summed E-state index contributed by atoms with van der Waals surface area (Å²) in [5.74, 6) is 1.56. The summed E-state index contributed by atoms with van der Waals surface area (Å²) in [5, 5.41) is 3.68. The fourth-order valence-corrected chi connectivity index (χ4v) is 3.77. The van der Waals surface area contributed by atoms with Crippen LogP contribution in [-0.2, 0) is 10.8 Å². The van der Waals surface area contributed by atoms with Crippen LogP contribution in [0, 0.1) is 5.92 Å². The number of hydrogen-bond donors (Lipinski definition) is 1. The van der Waals surface area contributed by atoms with Gasteiger partial charge in [0.1, 0.15) is 0 Å². The van der Waals surface area contributed by atoms with Gasteiger partial charge in [0.05, 0.1) is 5.25 Å². The van der Waals surface area contributed by atoms with Crippen molar-refractivity contribution < 1.29 is 4.21 Å². The molecule has 1 saturated carbocycles. The summed E-state index contributed by atoms with van der Waals surface area (Å²) in [4.78, 5) is 0. The van der Waals surface area contributed by atoms with Crippen LogP contribution in [0.1, 0.15) is 33.1 Å². The van der Waals surface area contributed by atoms with Gasteiger partial charge in [0.2, 0.25) is 0 Å². The lowest BCUT2D eigenvalue weighted by Crippen LogP contribution is -2.44. The van der Waals surface area contributed by atoms with E-state index >= 15 is 0 Å². The minimum Gasteiger partial charge on any atom is -0.316 e. The van der Waals surface area contributed by atoms with E-state index in [0.29, 0.717) is 11.3 Å². The maximum atomic E-state index is 11.8. The Bertz CT molecular complexity index is 184. The Morgan fingerprint density at radius 1 is 1.46 bits per heavy atom. The third-order valence-corrected chi connectivity index (χ3v) is 4.81. The summed E-state index contributed by atoms with van der Waals surface area (Å²) >= 11 is 0. The van der Waals surface area contributed by atoms with E-state index in [9.17, 15) is 4.21 Å².